The third kappa shape index (κ3) is 4.20. The van der Waals surface area contributed by atoms with Gasteiger partial charge >= 0.3 is 0 Å². The number of amides is 1. The van der Waals surface area contributed by atoms with Crippen LogP contribution in [0.1, 0.15) is 10.4 Å². The number of piperazine rings is 1. The van der Waals surface area contributed by atoms with Gasteiger partial charge in [-0.15, -0.1) is 0 Å². The second-order valence-corrected chi connectivity index (χ2v) is 7.07. The van der Waals surface area contributed by atoms with Gasteiger partial charge in [0.2, 0.25) is 0 Å². The number of hydrogen-bond donors (Lipinski definition) is 0. The second kappa shape index (κ2) is 8.47. The Morgan fingerprint density at radius 2 is 1.65 bits per heavy atom. The van der Waals surface area contributed by atoms with E-state index >= 15 is 0 Å². The molecule has 9 heteroatoms. The molecule has 2 aromatic carbocycles. The fraction of sp³-hybridized carbons (Fsp3) is 0.182. The monoisotopic (exact) mass is 424 g/mol. The number of aromatic nitrogens is 1. The van der Waals surface area contributed by atoms with Gasteiger partial charge in [0.1, 0.15) is 5.82 Å². The van der Waals surface area contributed by atoms with Crippen LogP contribution in [-0.4, -0.2) is 46.9 Å². The number of hydrogen-bond acceptors (Lipinski definition) is 5. The normalized spacial score (nSPS) is 13.9. The zero-order valence-electron chi connectivity index (χ0n) is 16.4. The van der Waals surface area contributed by atoms with E-state index in [1.807, 2.05) is 11.0 Å². The molecule has 0 saturated carbocycles. The Kier molecular flexibility index (Phi) is 5.57. The molecule has 0 aliphatic carbocycles. The van der Waals surface area contributed by atoms with Gasteiger partial charge < -0.3 is 9.80 Å². The highest BCUT2D eigenvalue weighted by Crippen LogP contribution is 2.30. The number of anilines is 1. The lowest BCUT2D eigenvalue weighted by Crippen LogP contribution is -2.49. The van der Waals surface area contributed by atoms with Gasteiger partial charge in [-0.3, -0.25) is 14.9 Å². The maximum atomic E-state index is 13.4. The predicted octanol–water partition coefficient (Wildman–Crippen LogP) is 3.90. The van der Waals surface area contributed by atoms with E-state index in [2.05, 4.69) is 4.98 Å². The van der Waals surface area contributed by atoms with Crippen molar-refractivity contribution in [1.82, 2.24) is 9.88 Å². The molecule has 0 N–H and O–H groups in total. The van der Waals surface area contributed by atoms with Crippen LogP contribution in [0.25, 0.3) is 11.3 Å². The Labute approximate surface area is 176 Å². The lowest BCUT2D eigenvalue weighted by atomic mass is 10.1. The average Bonchev–Trinajstić information content (AvgIpc) is 2.80. The van der Waals surface area contributed by atoms with E-state index in [4.69, 9.17) is 0 Å². The molecule has 31 heavy (non-hydrogen) atoms. The lowest BCUT2D eigenvalue weighted by molar-refractivity contribution is -0.384. The van der Waals surface area contributed by atoms with Gasteiger partial charge in [-0.25, -0.2) is 13.8 Å². The number of rotatable bonds is 4. The molecule has 1 fully saturated rings. The Morgan fingerprint density at radius 1 is 0.935 bits per heavy atom. The van der Waals surface area contributed by atoms with E-state index in [1.54, 1.807) is 35.2 Å². The van der Waals surface area contributed by atoms with Gasteiger partial charge in [0.25, 0.3) is 11.6 Å². The lowest BCUT2D eigenvalue weighted by Gasteiger charge is -2.35. The summed E-state index contributed by atoms with van der Waals surface area (Å²) in [6.45, 7) is 1.62. The summed E-state index contributed by atoms with van der Waals surface area (Å²) in [7, 11) is 0. The van der Waals surface area contributed by atoms with Crippen LogP contribution in [0.15, 0.2) is 60.7 Å². The summed E-state index contributed by atoms with van der Waals surface area (Å²) in [5, 5.41) is 11.4. The van der Waals surface area contributed by atoms with E-state index in [0.29, 0.717) is 37.6 Å². The number of carbonyl (C=O) groups excluding carboxylic acids is 1. The summed E-state index contributed by atoms with van der Waals surface area (Å²) in [6, 6.07) is 15.0. The number of pyridine rings is 1. The van der Waals surface area contributed by atoms with Crippen LogP contribution in [0.4, 0.5) is 20.3 Å². The molecule has 4 rings (SSSR count). The molecule has 7 nitrogen and oxygen atoms in total. The van der Waals surface area contributed by atoms with Crippen molar-refractivity contribution in [3.8, 4) is 11.3 Å². The largest absolute Gasteiger partial charge is 0.353 e. The van der Waals surface area contributed by atoms with Gasteiger partial charge in [0.05, 0.1) is 4.92 Å². The van der Waals surface area contributed by atoms with Gasteiger partial charge in [0, 0.05) is 43.4 Å². The van der Waals surface area contributed by atoms with E-state index in [0.717, 1.165) is 12.1 Å². The SMILES string of the molecule is O=C(c1ccc(F)c(F)c1)N1CCN(c2ccc([N+](=O)[O-])c(-c3ccccc3)n2)CC1. The first-order valence-electron chi connectivity index (χ1n) is 9.64. The number of halogens is 2. The first-order valence-corrected chi connectivity index (χ1v) is 9.64. The highest BCUT2D eigenvalue weighted by Gasteiger charge is 2.25. The molecule has 1 saturated heterocycles. The third-order valence-corrected chi connectivity index (χ3v) is 5.16. The Morgan fingerprint density at radius 3 is 2.29 bits per heavy atom. The van der Waals surface area contributed by atoms with E-state index in [9.17, 15) is 23.7 Å². The minimum absolute atomic E-state index is 0.0814. The molecule has 1 aromatic heterocycles. The van der Waals surface area contributed by atoms with Crippen LogP contribution >= 0.6 is 0 Å². The molecular weight excluding hydrogens is 406 g/mol. The standard InChI is InChI=1S/C22H18F2N4O3/c23-17-7-6-16(14-18(17)24)22(29)27-12-10-26(11-13-27)20-9-8-19(28(30)31)21(25-20)15-4-2-1-3-5-15/h1-9,14H,10-13H2. The summed E-state index contributed by atoms with van der Waals surface area (Å²) in [5.74, 6) is -1.86. The fourth-order valence-corrected chi connectivity index (χ4v) is 3.52. The molecular formula is C22H18F2N4O3. The quantitative estimate of drug-likeness (QED) is 0.469. The summed E-state index contributed by atoms with van der Waals surface area (Å²) in [4.78, 5) is 31.6. The molecule has 1 aliphatic heterocycles. The molecule has 2 heterocycles. The molecule has 0 atom stereocenters. The van der Waals surface area contributed by atoms with Crippen LogP contribution in [0.5, 0.6) is 0 Å². The van der Waals surface area contributed by atoms with Crippen LogP contribution in [0.3, 0.4) is 0 Å². The number of benzene rings is 2. The predicted molar refractivity (Wildman–Crippen MR) is 111 cm³/mol. The van der Waals surface area contributed by atoms with Crippen LogP contribution in [-0.2, 0) is 0 Å². The summed E-state index contributed by atoms with van der Waals surface area (Å²) in [5.41, 5.74) is 0.931. The van der Waals surface area contributed by atoms with Gasteiger partial charge in [-0.05, 0) is 24.3 Å². The third-order valence-electron chi connectivity index (χ3n) is 5.16. The van der Waals surface area contributed by atoms with Crippen molar-refractivity contribution >= 4 is 17.4 Å². The number of carbonyl (C=O) groups is 1. The average molecular weight is 424 g/mol. The van der Waals surface area contributed by atoms with Crippen molar-refractivity contribution in [2.24, 2.45) is 0 Å². The molecule has 0 spiro atoms. The Balaban J connectivity index is 1.51. The molecule has 0 unspecified atom stereocenters. The minimum atomic E-state index is -1.06. The van der Waals surface area contributed by atoms with Crippen LogP contribution in [0.2, 0.25) is 0 Å². The van der Waals surface area contributed by atoms with Crippen LogP contribution in [0, 0.1) is 21.7 Å². The molecule has 0 bridgehead atoms. The topological polar surface area (TPSA) is 79.6 Å². The molecule has 1 amide bonds. The fourth-order valence-electron chi connectivity index (χ4n) is 3.52. The van der Waals surface area contributed by atoms with Crippen molar-refractivity contribution in [2.45, 2.75) is 0 Å². The van der Waals surface area contributed by atoms with Crippen molar-refractivity contribution in [1.29, 1.82) is 0 Å². The van der Waals surface area contributed by atoms with E-state index < -0.39 is 16.6 Å². The molecule has 0 radical (unpaired) electrons. The van der Waals surface area contributed by atoms with Gasteiger partial charge in [0.15, 0.2) is 17.3 Å². The van der Waals surface area contributed by atoms with Gasteiger partial charge in [-0.1, -0.05) is 30.3 Å². The minimum Gasteiger partial charge on any atom is -0.353 e. The van der Waals surface area contributed by atoms with Crippen molar-refractivity contribution in [3.05, 3.63) is 88.0 Å². The number of nitrogens with zero attached hydrogens (tertiary/aromatic N) is 4. The Bertz CT molecular complexity index is 1130. The first-order chi connectivity index (χ1) is 14.9. The molecule has 3 aromatic rings. The maximum absolute atomic E-state index is 13.4. The smallest absolute Gasteiger partial charge is 0.295 e. The summed E-state index contributed by atoms with van der Waals surface area (Å²) < 4.78 is 26.6. The van der Waals surface area contributed by atoms with Crippen molar-refractivity contribution < 1.29 is 18.5 Å². The highest BCUT2D eigenvalue weighted by atomic mass is 19.2. The second-order valence-electron chi connectivity index (χ2n) is 7.07. The van der Waals surface area contributed by atoms with E-state index in [1.165, 1.54) is 12.1 Å². The maximum Gasteiger partial charge on any atom is 0.295 e. The molecule has 158 valence electrons. The number of nitro groups is 1. The highest BCUT2D eigenvalue weighted by molar-refractivity contribution is 5.94. The zero-order valence-corrected chi connectivity index (χ0v) is 16.4. The van der Waals surface area contributed by atoms with E-state index in [-0.39, 0.29) is 22.9 Å². The van der Waals surface area contributed by atoms with Crippen molar-refractivity contribution in [3.63, 3.8) is 0 Å². The summed E-state index contributed by atoms with van der Waals surface area (Å²) >= 11 is 0. The summed E-state index contributed by atoms with van der Waals surface area (Å²) in [6.07, 6.45) is 0. The Hall–Kier alpha value is -3.88. The zero-order chi connectivity index (χ0) is 22.0. The van der Waals surface area contributed by atoms with Crippen LogP contribution < -0.4 is 4.90 Å². The molecule has 1 aliphatic rings. The van der Waals surface area contributed by atoms with Crippen molar-refractivity contribution in [2.75, 3.05) is 31.1 Å². The first kappa shape index (κ1) is 20.4. The van der Waals surface area contributed by atoms with Gasteiger partial charge in [-0.2, -0.15) is 0 Å².